The largest absolute Gasteiger partial charge is 0.356 e. The molecule has 0 atom stereocenters. The lowest BCUT2D eigenvalue weighted by Gasteiger charge is -2.13. The van der Waals surface area contributed by atoms with Gasteiger partial charge in [0.1, 0.15) is 0 Å². The van der Waals surface area contributed by atoms with Crippen molar-refractivity contribution in [1.82, 2.24) is 15.5 Å². The maximum Gasteiger partial charge on any atom is 0.253 e. The number of aliphatic imine (C=N–C) groups is 1. The molecule has 2 aromatic carbocycles. The van der Waals surface area contributed by atoms with Crippen molar-refractivity contribution in [3.63, 3.8) is 0 Å². The van der Waals surface area contributed by atoms with Gasteiger partial charge < -0.3 is 15.5 Å². The molecule has 162 valence electrons. The van der Waals surface area contributed by atoms with Crippen LogP contribution in [0, 0.1) is 0 Å². The van der Waals surface area contributed by atoms with Gasteiger partial charge in [0.05, 0.1) is 10.6 Å². The summed E-state index contributed by atoms with van der Waals surface area (Å²) in [5, 5.41) is 6.35. The van der Waals surface area contributed by atoms with Crippen LogP contribution in [-0.4, -0.2) is 65.2 Å². The summed E-state index contributed by atoms with van der Waals surface area (Å²) in [5.74, 6) is 0.675. The lowest BCUT2D eigenvalue weighted by atomic mass is 10.1. The van der Waals surface area contributed by atoms with Gasteiger partial charge in [0.25, 0.3) is 5.91 Å². The number of benzene rings is 2. The number of nitrogens with one attached hydrogen (secondary N) is 2. The van der Waals surface area contributed by atoms with E-state index < -0.39 is 9.84 Å². The lowest BCUT2D eigenvalue weighted by molar-refractivity contribution is 0.0827. The van der Waals surface area contributed by atoms with Crippen molar-refractivity contribution in [2.45, 2.75) is 17.7 Å². The van der Waals surface area contributed by atoms with Crippen LogP contribution in [0.3, 0.4) is 0 Å². The normalized spacial score (nSPS) is 11.8. The van der Waals surface area contributed by atoms with Crippen molar-refractivity contribution >= 4 is 21.7 Å². The molecule has 0 radical (unpaired) electrons. The van der Waals surface area contributed by atoms with Crippen molar-refractivity contribution in [3.05, 3.63) is 65.7 Å². The first-order valence-corrected chi connectivity index (χ1v) is 11.5. The fourth-order valence-electron chi connectivity index (χ4n) is 2.88. The molecule has 0 aliphatic carbocycles. The second kappa shape index (κ2) is 11.3. The molecule has 0 aliphatic rings. The molecular formula is C22H30N4O3S. The molecule has 0 saturated carbocycles. The smallest absolute Gasteiger partial charge is 0.253 e. The average Bonchev–Trinajstić information content (AvgIpc) is 2.75. The summed E-state index contributed by atoms with van der Waals surface area (Å²) < 4.78 is 24.6. The van der Waals surface area contributed by atoms with E-state index in [1.807, 2.05) is 24.3 Å². The van der Waals surface area contributed by atoms with Gasteiger partial charge in [0, 0.05) is 39.8 Å². The summed E-state index contributed by atoms with van der Waals surface area (Å²) in [6.45, 7) is 1.14. The summed E-state index contributed by atoms with van der Waals surface area (Å²) >= 11 is 0. The molecule has 0 bridgehead atoms. The van der Waals surface area contributed by atoms with Gasteiger partial charge in [0.15, 0.2) is 15.8 Å². The molecular weight excluding hydrogens is 400 g/mol. The highest BCUT2D eigenvalue weighted by atomic mass is 32.2. The van der Waals surface area contributed by atoms with Crippen LogP contribution in [0.5, 0.6) is 0 Å². The highest BCUT2D eigenvalue weighted by molar-refractivity contribution is 7.91. The Morgan fingerprint density at radius 3 is 2.37 bits per heavy atom. The Balaban J connectivity index is 1.75. The molecule has 0 aromatic heterocycles. The number of hydrogen-bond donors (Lipinski definition) is 2. The van der Waals surface area contributed by atoms with Gasteiger partial charge in [-0.1, -0.05) is 30.3 Å². The number of carbonyl (C=O) groups excluding carboxylic acids is 1. The van der Waals surface area contributed by atoms with E-state index in [1.54, 1.807) is 56.4 Å². The molecule has 8 heteroatoms. The van der Waals surface area contributed by atoms with Gasteiger partial charge >= 0.3 is 0 Å². The number of rotatable bonds is 9. The first-order chi connectivity index (χ1) is 14.3. The summed E-state index contributed by atoms with van der Waals surface area (Å²) in [4.78, 5) is 18.1. The number of guanidine groups is 1. The monoisotopic (exact) mass is 430 g/mol. The molecule has 2 aromatic rings. The quantitative estimate of drug-likeness (QED) is 0.361. The van der Waals surface area contributed by atoms with Crippen molar-refractivity contribution in [2.24, 2.45) is 4.99 Å². The van der Waals surface area contributed by atoms with Crippen LogP contribution in [0.15, 0.2) is 64.5 Å². The minimum Gasteiger partial charge on any atom is -0.356 e. The topological polar surface area (TPSA) is 90.9 Å². The van der Waals surface area contributed by atoms with Crippen molar-refractivity contribution in [3.8, 4) is 0 Å². The Morgan fingerprint density at radius 1 is 1.00 bits per heavy atom. The fourth-order valence-corrected chi connectivity index (χ4v) is 4.21. The Labute approximate surface area is 179 Å². The fraction of sp³-hybridized carbons (Fsp3) is 0.364. The molecule has 0 heterocycles. The van der Waals surface area contributed by atoms with E-state index in [0.29, 0.717) is 35.9 Å². The number of sulfone groups is 1. The van der Waals surface area contributed by atoms with Gasteiger partial charge in [-0.25, -0.2) is 8.42 Å². The van der Waals surface area contributed by atoms with Crippen LogP contribution < -0.4 is 10.6 Å². The minimum atomic E-state index is -3.27. The first kappa shape index (κ1) is 23.4. The zero-order valence-electron chi connectivity index (χ0n) is 17.8. The molecule has 2 N–H and O–H groups in total. The Kier molecular flexibility index (Phi) is 8.86. The van der Waals surface area contributed by atoms with E-state index in [-0.39, 0.29) is 11.7 Å². The molecule has 0 fully saturated rings. The average molecular weight is 431 g/mol. The van der Waals surface area contributed by atoms with Crippen molar-refractivity contribution in [1.29, 1.82) is 0 Å². The Bertz CT molecular complexity index is 957. The standard InChI is InChI=1S/C22H30N4O3S/c1-23-22(24-14-8-16-30(28,29)20-11-5-4-6-12-20)25-15-13-18-9-7-10-19(17-18)21(27)26(2)3/h4-7,9-12,17H,8,13-16H2,1-3H3,(H2,23,24,25). The van der Waals surface area contributed by atoms with E-state index >= 15 is 0 Å². The van der Waals surface area contributed by atoms with Crippen LogP contribution in [-0.2, 0) is 16.3 Å². The van der Waals surface area contributed by atoms with Gasteiger partial charge in [-0.3, -0.25) is 9.79 Å². The second-order valence-electron chi connectivity index (χ2n) is 7.06. The Morgan fingerprint density at radius 2 is 1.70 bits per heavy atom. The molecule has 1 amide bonds. The molecule has 30 heavy (non-hydrogen) atoms. The first-order valence-electron chi connectivity index (χ1n) is 9.86. The predicted molar refractivity (Wildman–Crippen MR) is 121 cm³/mol. The third-order valence-corrected chi connectivity index (χ3v) is 6.31. The maximum absolute atomic E-state index is 12.3. The van der Waals surface area contributed by atoms with Crippen LogP contribution >= 0.6 is 0 Å². The number of carbonyl (C=O) groups is 1. The van der Waals surface area contributed by atoms with Gasteiger partial charge in [-0.05, 0) is 42.7 Å². The van der Waals surface area contributed by atoms with Crippen LogP contribution in [0.25, 0.3) is 0 Å². The summed E-state index contributed by atoms with van der Waals surface area (Å²) in [7, 11) is 1.87. The summed E-state index contributed by atoms with van der Waals surface area (Å²) in [6.07, 6.45) is 1.21. The van der Waals surface area contributed by atoms with Gasteiger partial charge in [0.2, 0.25) is 0 Å². The SMILES string of the molecule is CN=C(NCCCS(=O)(=O)c1ccccc1)NCCc1cccc(C(=O)N(C)C)c1. The highest BCUT2D eigenvalue weighted by Crippen LogP contribution is 2.11. The number of hydrogen-bond acceptors (Lipinski definition) is 4. The third-order valence-electron chi connectivity index (χ3n) is 4.49. The maximum atomic E-state index is 12.3. The zero-order chi connectivity index (χ0) is 22.0. The lowest BCUT2D eigenvalue weighted by Crippen LogP contribution is -2.39. The highest BCUT2D eigenvalue weighted by Gasteiger charge is 2.13. The van der Waals surface area contributed by atoms with E-state index in [1.165, 1.54) is 0 Å². The van der Waals surface area contributed by atoms with E-state index in [2.05, 4.69) is 15.6 Å². The Hall–Kier alpha value is -2.87. The molecule has 0 aliphatic heterocycles. The minimum absolute atomic E-state index is 0.0206. The van der Waals surface area contributed by atoms with Crippen molar-refractivity contribution < 1.29 is 13.2 Å². The number of nitrogens with zero attached hydrogens (tertiary/aromatic N) is 2. The van der Waals surface area contributed by atoms with Gasteiger partial charge in [-0.2, -0.15) is 0 Å². The van der Waals surface area contributed by atoms with E-state index in [4.69, 9.17) is 0 Å². The van der Waals surface area contributed by atoms with E-state index in [0.717, 1.165) is 12.0 Å². The molecule has 0 saturated heterocycles. The van der Waals surface area contributed by atoms with E-state index in [9.17, 15) is 13.2 Å². The summed E-state index contributed by atoms with van der Waals surface area (Å²) in [5.41, 5.74) is 1.72. The van der Waals surface area contributed by atoms with Crippen molar-refractivity contribution in [2.75, 3.05) is 40.0 Å². The van der Waals surface area contributed by atoms with Gasteiger partial charge in [-0.15, -0.1) is 0 Å². The van der Waals surface area contributed by atoms with Crippen LogP contribution in [0.4, 0.5) is 0 Å². The molecule has 0 unspecified atom stereocenters. The third kappa shape index (κ3) is 7.18. The summed E-state index contributed by atoms with van der Waals surface area (Å²) in [6, 6.07) is 16.1. The van der Waals surface area contributed by atoms with Crippen LogP contribution in [0.1, 0.15) is 22.3 Å². The molecule has 2 rings (SSSR count). The van der Waals surface area contributed by atoms with Crippen LogP contribution in [0.2, 0.25) is 0 Å². The number of amides is 1. The second-order valence-corrected chi connectivity index (χ2v) is 9.17. The molecule has 7 nitrogen and oxygen atoms in total. The zero-order valence-corrected chi connectivity index (χ0v) is 18.6. The molecule has 0 spiro atoms. The predicted octanol–water partition coefficient (Wildman–Crippen LogP) is 1.96.